The first kappa shape index (κ1) is 16.4. The van der Waals surface area contributed by atoms with Crippen LogP contribution in [0.2, 0.25) is 0 Å². The van der Waals surface area contributed by atoms with E-state index in [-0.39, 0.29) is 12.0 Å². The molecule has 3 heterocycles. The van der Waals surface area contributed by atoms with E-state index < -0.39 is 5.60 Å². The van der Waals surface area contributed by atoms with Crippen molar-refractivity contribution < 1.29 is 18.7 Å². The van der Waals surface area contributed by atoms with E-state index in [1.54, 1.807) is 11.0 Å². The van der Waals surface area contributed by atoms with Crippen molar-refractivity contribution in [1.29, 1.82) is 0 Å². The van der Waals surface area contributed by atoms with E-state index in [1.807, 2.05) is 25.7 Å². The van der Waals surface area contributed by atoms with E-state index in [9.17, 15) is 9.59 Å². The molecule has 0 N–H and O–H groups in total. The third-order valence-electron chi connectivity index (χ3n) is 4.24. The Labute approximate surface area is 143 Å². The number of carbonyl (C=O) groups is 2. The molecule has 6 nitrogen and oxygen atoms in total. The van der Waals surface area contributed by atoms with Crippen LogP contribution in [0.3, 0.4) is 0 Å². The fourth-order valence-corrected chi connectivity index (χ4v) is 3.60. The number of likely N-dealkylation sites (tertiary alicyclic amines) is 2. The fraction of sp³-hybridized carbons (Fsp3) is 0.625. The molecule has 23 heavy (non-hydrogen) atoms. The molecule has 0 aliphatic carbocycles. The van der Waals surface area contributed by atoms with Gasteiger partial charge in [0.25, 0.3) is 5.91 Å². The molecule has 2 fully saturated rings. The Morgan fingerprint density at radius 2 is 1.74 bits per heavy atom. The van der Waals surface area contributed by atoms with Crippen LogP contribution in [0.1, 0.15) is 31.3 Å². The van der Waals surface area contributed by atoms with Crippen LogP contribution in [-0.4, -0.2) is 53.6 Å². The quantitative estimate of drug-likeness (QED) is 0.746. The lowest BCUT2D eigenvalue weighted by atomic mass is 10.0. The van der Waals surface area contributed by atoms with Gasteiger partial charge in [-0.05, 0) is 42.8 Å². The molecule has 1 aromatic heterocycles. The Bertz CT molecular complexity index is 608. The van der Waals surface area contributed by atoms with Gasteiger partial charge in [0.2, 0.25) is 5.76 Å². The van der Waals surface area contributed by atoms with Gasteiger partial charge in [-0.2, -0.15) is 0 Å². The molecule has 0 saturated carbocycles. The summed E-state index contributed by atoms with van der Waals surface area (Å²) in [7, 11) is 0. The van der Waals surface area contributed by atoms with E-state index in [0.29, 0.717) is 48.2 Å². The Morgan fingerprint density at radius 3 is 2.22 bits per heavy atom. The number of halogens is 1. The normalized spacial score (nSPS) is 24.0. The number of carbonyl (C=O) groups excluding carboxylic acids is 2. The van der Waals surface area contributed by atoms with Crippen molar-refractivity contribution in [2.45, 2.75) is 26.4 Å². The summed E-state index contributed by atoms with van der Waals surface area (Å²) in [4.78, 5) is 28.2. The van der Waals surface area contributed by atoms with Crippen LogP contribution < -0.4 is 0 Å². The molecule has 3 rings (SSSR count). The molecular formula is C16H21BrN2O4. The van der Waals surface area contributed by atoms with Crippen LogP contribution in [0, 0.1) is 11.8 Å². The summed E-state index contributed by atoms with van der Waals surface area (Å²) in [5, 5.41) is 0. The summed E-state index contributed by atoms with van der Waals surface area (Å²) in [5.74, 6) is 0.856. The van der Waals surface area contributed by atoms with E-state index in [4.69, 9.17) is 9.15 Å². The van der Waals surface area contributed by atoms with E-state index in [2.05, 4.69) is 15.9 Å². The zero-order chi connectivity index (χ0) is 16.8. The van der Waals surface area contributed by atoms with Gasteiger partial charge in [-0.25, -0.2) is 4.79 Å². The molecule has 0 spiro atoms. The van der Waals surface area contributed by atoms with Crippen molar-refractivity contribution >= 4 is 27.9 Å². The number of amides is 2. The summed E-state index contributed by atoms with van der Waals surface area (Å²) in [6, 6.07) is 1.72. The minimum atomic E-state index is -0.484. The number of furan rings is 1. The van der Waals surface area contributed by atoms with Crippen molar-refractivity contribution in [2.75, 3.05) is 26.2 Å². The molecule has 2 aliphatic rings. The smallest absolute Gasteiger partial charge is 0.410 e. The summed E-state index contributed by atoms with van der Waals surface area (Å²) in [6.45, 7) is 8.17. The van der Waals surface area contributed by atoms with Gasteiger partial charge in [0.05, 0.1) is 10.7 Å². The predicted octanol–water partition coefficient (Wildman–Crippen LogP) is 2.98. The fourth-order valence-electron chi connectivity index (χ4n) is 3.22. The minimum Gasteiger partial charge on any atom is -0.458 e. The summed E-state index contributed by atoms with van der Waals surface area (Å²) >= 11 is 3.32. The minimum absolute atomic E-state index is 0.0971. The Kier molecular flexibility index (Phi) is 4.16. The number of hydrogen-bond acceptors (Lipinski definition) is 4. The third kappa shape index (κ3) is 3.39. The second-order valence-electron chi connectivity index (χ2n) is 7.21. The number of nitrogens with zero attached hydrogens (tertiary/aromatic N) is 2. The maximum atomic E-state index is 12.5. The standard InChI is InChI=1S/C16H21BrN2O4/c1-16(2,3)23-15(21)19-8-10-6-18(7-11(10)9-19)14(20)13-12(17)4-5-22-13/h4-5,10-11H,6-9H2,1-3H3. The van der Waals surface area contributed by atoms with Crippen LogP contribution in [-0.2, 0) is 4.74 Å². The lowest BCUT2D eigenvalue weighted by molar-refractivity contribution is 0.0275. The van der Waals surface area contributed by atoms with E-state index in [1.165, 1.54) is 6.26 Å². The topological polar surface area (TPSA) is 63.0 Å². The molecule has 1 aromatic rings. The first-order chi connectivity index (χ1) is 10.7. The zero-order valence-electron chi connectivity index (χ0n) is 13.5. The molecule has 2 atom stereocenters. The van der Waals surface area contributed by atoms with Gasteiger partial charge >= 0.3 is 6.09 Å². The van der Waals surface area contributed by atoms with E-state index in [0.717, 1.165) is 0 Å². The molecule has 2 unspecified atom stereocenters. The van der Waals surface area contributed by atoms with Crippen molar-refractivity contribution in [2.24, 2.45) is 11.8 Å². The van der Waals surface area contributed by atoms with Crippen molar-refractivity contribution in [1.82, 2.24) is 9.80 Å². The summed E-state index contributed by atoms with van der Waals surface area (Å²) < 4.78 is 11.3. The second kappa shape index (κ2) is 5.85. The second-order valence-corrected chi connectivity index (χ2v) is 8.07. The molecule has 0 radical (unpaired) electrons. The average Bonchev–Trinajstić information content (AvgIpc) is 3.08. The van der Waals surface area contributed by atoms with E-state index >= 15 is 0 Å². The highest BCUT2D eigenvalue weighted by Crippen LogP contribution is 2.33. The first-order valence-corrected chi connectivity index (χ1v) is 8.54. The highest BCUT2D eigenvalue weighted by Gasteiger charge is 2.44. The molecule has 2 amide bonds. The maximum absolute atomic E-state index is 12.5. The average molecular weight is 385 g/mol. The third-order valence-corrected chi connectivity index (χ3v) is 4.86. The van der Waals surface area contributed by atoms with Gasteiger partial charge in [0, 0.05) is 38.0 Å². The maximum Gasteiger partial charge on any atom is 0.410 e. The summed E-state index contributed by atoms with van der Waals surface area (Å²) in [6.07, 6.45) is 1.23. The first-order valence-electron chi connectivity index (χ1n) is 7.75. The van der Waals surface area contributed by atoms with Crippen LogP contribution in [0.25, 0.3) is 0 Å². The number of hydrogen-bond donors (Lipinski definition) is 0. The Morgan fingerprint density at radius 1 is 1.17 bits per heavy atom. The van der Waals surface area contributed by atoms with Gasteiger partial charge in [-0.15, -0.1) is 0 Å². The van der Waals surface area contributed by atoms with Gasteiger partial charge < -0.3 is 19.0 Å². The van der Waals surface area contributed by atoms with Crippen molar-refractivity contribution in [3.8, 4) is 0 Å². The molecule has 0 bridgehead atoms. The Hall–Kier alpha value is -1.50. The van der Waals surface area contributed by atoms with Crippen molar-refractivity contribution in [3.05, 3.63) is 22.6 Å². The SMILES string of the molecule is CC(C)(C)OC(=O)N1CC2CN(C(=O)c3occc3Br)CC2C1. The predicted molar refractivity (Wildman–Crippen MR) is 87.1 cm³/mol. The Balaban J connectivity index is 1.59. The largest absolute Gasteiger partial charge is 0.458 e. The zero-order valence-corrected chi connectivity index (χ0v) is 15.1. The molecule has 2 saturated heterocycles. The number of fused-ring (bicyclic) bond motifs is 1. The highest BCUT2D eigenvalue weighted by atomic mass is 79.9. The van der Waals surface area contributed by atoms with Crippen molar-refractivity contribution in [3.63, 3.8) is 0 Å². The van der Waals surface area contributed by atoms with Gasteiger partial charge in [-0.3, -0.25) is 4.79 Å². The van der Waals surface area contributed by atoms with Crippen LogP contribution in [0.4, 0.5) is 4.79 Å². The van der Waals surface area contributed by atoms with Crippen LogP contribution in [0.5, 0.6) is 0 Å². The molecule has 2 aliphatic heterocycles. The lowest BCUT2D eigenvalue weighted by Crippen LogP contribution is -2.38. The molecular weight excluding hydrogens is 364 g/mol. The number of rotatable bonds is 1. The van der Waals surface area contributed by atoms with Crippen LogP contribution in [0.15, 0.2) is 21.2 Å². The van der Waals surface area contributed by atoms with Gasteiger partial charge in [0.1, 0.15) is 5.60 Å². The monoisotopic (exact) mass is 384 g/mol. The molecule has 126 valence electrons. The van der Waals surface area contributed by atoms with Gasteiger partial charge in [-0.1, -0.05) is 0 Å². The summed E-state index contributed by atoms with van der Waals surface area (Å²) in [5.41, 5.74) is -0.484. The molecule has 0 aromatic carbocycles. The van der Waals surface area contributed by atoms with Crippen LogP contribution >= 0.6 is 15.9 Å². The highest BCUT2D eigenvalue weighted by molar-refractivity contribution is 9.10. The van der Waals surface area contributed by atoms with Gasteiger partial charge in [0.15, 0.2) is 0 Å². The number of ether oxygens (including phenoxy) is 1. The lowest BCUT2D eigenvalue weighted by Gasteiger charge is -2.25. The molecule has 7 heteroatoms.